The molecule has 45 heavy (non-hydrogen) atoms. The number of hydrogen-bond acceptors (Lipinski definition) is 6. The Labute approximate surface area is 264 Å². The number of fused-ring (bicyclic) bond motifs is 2. The number of nitrogens with one attached hydrogen (secondary N) is 2. The van der Waals surface area contributed by atoms with E-state index < -0.39 is 67.8 Å². The standard InChI is InChI=1S/C32H33ClF3N3O5S/c1-17-9-20-12-22(15-23(17)32(20,42)16-38-31(41)27(37)10-18-5-3-2-4-6-18)45(43,44)28-11-19(7-8-24(28)33)30(40)39-21-13-25(34)29(36)26(35)14-21/h2-8,11,13-14,17,20,22-23,27,42H,9-10,12,15-16,37H2,1H3,(H,38,41)(H,39,40)/t17-,20?,22+,23?,27-,32+/m0/s1. The summed E-state index contributed by atoms with van der Waals surface area (Å²) in [6.07, 6.45) is 1.08. The average molecular weight is 664 g/mol. The molecule has 2 unspecified atom stereocenters. The molecule has 13 heteroatoms. The second kappa shape index (κ2) is 12.7. The molecule has 2 aliphatic carbocycles. The second-order valence-electron chi connectivity index (χ2n) is 12.0. The van der Waals surface area contributed by atoms with Crippen LogP contribution in [-0.2, 0) is 21.1 Å². The lowest BCUT2D eigenvalue weighted by Gasteiger charge is -2.43. The van der Waals surface area contributed by atoms with E-state index in [9.17, 15) is 36.3 Å². The van der Waals surface area contributed by atoms with Crippen LogP contribution < -0.4 is 16.4 Å². The molecule has 6 atom stereocenters. The molecule has 3 aromatic carbocycles. The van der Waals surface area contributed by atoms with Gasteiger partial charge in [0, 0.05) is 29.9 Å². The van der Waals surface area contributed by atoms with Gasteiger partial charge in [-0.25, -0.2) is 21.6 Å². The minimum Gasteiger partial charge on any atom is -0.387 e. The smallest absolute Gasteiger partial charge is 0.255 e. The van der Waals surface area contributed by atoms with Gasteiger partial charge in [0.25, 0.3) is 5.91 Å². The normalized spacial score (nSPS) is 25.0. The highest BCUT2D eigenvalue weighted by atomic mass is 35.5. The third kappa shape index (κ3) is 6.60. The van der Waals surface area contributed by atoms with Crippen LogP contribution in [0.5, 0.6) is 0 Å². The molecule has 0 heterocycles. The summed E-state index contributed by atoms with van der Waals surface area (Å²) in [4.78, 5) is 25.3. The van der Waals surface area contributed by atoms with E-state index in [4.69, 9.17) is 17.3 Å². The minimum atomic E-state index is -4.12. The number of sulfone groups is 1. The van der Waals surface area contributed by atoms with Gasteiger partial charge in [-0.2, -0.15) is 0 Å². The van der Waals surface area contributed by atoms with E-state index >= 15 is 0 Å². The van der Waals surface area contributed by atoms with E-state index in [2.05, 4.69) is 10.6 Å². The summed E-state index contributed by atoms with van der Waals surface area (Å²) < 4.78 is 68.4. The van der Waals surface area contributed by atoms with Crippen molar-refractivity contribution in [1.82, 2.24) is 5.32 Å². The van der Waals surface area contributed by atoms with Crippen LogP contribution in [0.4, 0.5) is 18.9 Å². The van der Waals surface area contributed by atoms with Crippen molar-refractivity contribution < 1.29 is 36.3 Å². The first kappa shape index (κ1) is 32.9. The summed E-state index contributed by atoms with van der Waals surface area (Å²) >= 11 is 6.31. The fraction of sp³-hybridized carbons (Fsp3) is 0.375. The van der Waals surface area contributed by atoms with Crippen LogP contribution in [0.25, 0.3) is 0 Å². The van der Waals surface area contributed by atoms with E-state index in [1.54, 1.807) is 0 Å². The highest BCUT2D eigenvalue weighted by molar-refractivity contribution is 7.92. The number of halogens is 4. The molecule has 0 spiro atoms. The molecular formula is C32H33ClF3N3O5S. The largest absolute Gasteiger partial charge is 0.387 e. The summed E-state index contributed by atoms with van der Waals surface area (Å²) in [6.45, 7) is 1.87. The summed E-state index contributed by atoms with van der Waals surface area (Å²) in [5, 5.41) is 15.7. The minimum absolute atomic E-state index is 0.0285. The van der Waals surface area contributed by atoms with Crippen LogP contribution in [-0.4, -0.2) is 48.8 Å². The Morgan fingerprint density at radius 1 is 1.04 bits per heavy atom. The molecule has 0 aliphatic heterocycles. The number of benzene rings is 3. The number of aliphatic hydroxyl groups is 1. The van der Waals surface area contributed by atoms with Gasteiger partial charge in [0.15, 0.2) is 27.3 Å². The Balaban J connectivity index is 1.29. The van der Waals surface area contributed by atoms with Crippen molar-refractivity contribution in [3.8, 4) is 0 Å². The first-order valence-electron chi connectivity index (χ1n) is 14.5. The molecule has 0 aromatic heterocycles. The van der Waals surface area contributed by atoms with Gasteiger partial charge in [-0.15, -0.1) is 0 Å². The number of nitrogens with two attached hydrogens (primary N) is 1. The molecule has 8 nitrogen and oxygen atoms in total. The van der Waals surface area contributed by atoms with Crippen molar-refractivity contribution in [3.05, 3.63) is 94.3 Å². The van der Waals surface area contributed by atoms with Gasteiger partial charge in [0.2, 0.25) is 5.91 Å². The lowest BCUT2D eigenvalue weighted by atomic mass is 9.73. The number of hydrogen-bond donors (Lipinski definition) is 4. The Kier molecular flexibility index (Phi) is 9.33. The van der Waals surface area contributed by atoms with Gasteiger partial charge in [0.1, 0.15) is 0 Å². The second-order valence-corrected chi connectivity index (χ2v) is 14.6. The first-order valence-corrected chi connectivity index (χ1v) is 16.4. The third-order valence-electron chi connectivity index (χ3n) is 9.12. The van der Waals surface area contributed by atoms with Crippen molar-refractivity contribution in [1.29, 1.82) is 0 Å². The highest BCUT2D eigenvalue weighted by Crippen LogP contribution is 2.54. The molecule has 3 aromatic rings. The highest BCUT2D eigenvalue weighted by Gasteiger charge is 2.58. The van der Waals surface area contributed by atoms with Crippen molar-refractivity contribution >= 4 is 38.9 Å². The number of amides is 2. The fourth-order valence-electron chi connectivity index (χ4n) is 6.77. The molecule has 0 radical (unpaired) electrons. The van der Waals surface area contributed by atoms with E-state index in [0.29, 0.717) is 25.0 Å². The molecule has 0 saturated heterocycles. The van der Waals surface area contributed by atoms with Gasteiger partial charge in [-0.1, -0.05) is 48.9 Å². The average Bonchev–Trinajstić information content (AvgIpc) is 3.10. The maximum atomic E-state index is 13.9. The van der Waals surface area contributed by atoms with Crippen molar-refractivity contribution in [2.75, 3.05) is 11.9 Å². The van der Waals surface area contributed by atoms with Crippen LogP contribution in [0.15, 0.2) is 65.6 Å². The van der Waals surface area contributed by atoms with Gasteiger partial charge >= 0.3 is 0 Å². The third-order valence-corrected chi connectivity index (χ3v) is 11.8. The summed E-state index contributed by atoms with van der Waals surface area (Å²) in [6, 6.07) is 13.3. The lowest BCUT2D eigenvalue weighted by molar-refractivity contribution is -0.125. The maximum Gasteiger partial charge on any atom is 0.255 e. The molecule has 2 amide bonds. The van der Waals surface area contributed by atoms with E-state index in [0.717, 1.165) is 11.6 Å². The first-order chi connectivity index (χ1) is 21.2. The van der Waals surface area contributed by atoms with Gasteiger partial charge in [-0.3, -0.25) is 9.59 Å². The van der Waals surface area contributed by atoms with Crippen LogP contribution in [0.1, 0.15) is 42.1 Å². The fourth-order valence-corrected chi connectivity index (χ4v) is 9.15. The number of anilines is 1. The Hall–Kier alpha value is -3.45. The van der Waals surface area contributed by atoms with Gasteiger partial charge < -0.3 is 21.5 Å². The molecular weight excluding hydrogens is 631 g/mol. The van der Waals surface area contributed by atoms with Gasteiger partial charge in [0.05, 0.1) is 26.8 Å². The molecule has 2 aliphatic rings. The predicted molar refractivity (Wildman–Crippen MR) is 163 cm³/mol. The Bertz CT molecular complexity index is 1710. The Morgan fingerprint density at radius 3 is 2.36 bits per heavy atom. The molecule has 5 N–H and O–H groups in total. The summed E-state index contributed by atoms with van der Waals surface area (Å²) in [5.74, 6) is -6.91. The monoisotopic (exact) mass is 663 g/mol. The van der Waals surface area contributed by atoms with Gasteiger partial charge in [-0.05, 0) is 67.2 Å². The topological polar surface area (TPSA) is 139 Å². The van der Waals surface area contributed by atoms with Crippen LogP contribution in [0.2, 0.25) is 5.02 Å². The number of carbonyl (C=O) groups excluding carboxylic acids is 2. The van der Waals surface area contributed by atoms with Crippen LogP contribution in [0.3, 0.4) is 0 Å². The zero-order valence-electron chi connectivity index (χ0n) is 24.3. The quantitative estimate of drug-likeness (QED) is 0.246. The molecule has 5 rings (SSSR count). The van der Waals surface area contributed by atoms with Crippen LogP contribution in [0, 0.1) is 35.2 Å². The van der Waals surface area contributed by atoms with E-state index in [-0.39, 0.29) is 46.5 Å². The maximum absolute atomic E-state index is 13.9. The van der Waals surface area contributed by atoms with Crippen molar-refractivity contribution in [2.45, 2.75) is 54.4 Å². The number of carbonyl (C=O) groups is 2. The zero-order valence-corrected chi connectivity index (χ0v) is 25.8. The molecule has 240 valence electrons. The summed E-state index contributed by atoms with van der Waals surface area (Å²) in [7, 11) is -4.12. The van der Waals surface area contributed by atoms with Crippen molar-refractivity contribution in [3.63, 3.8) is 0 Å². The molecule has 2 bridgehead atoms. The predicted octanol–water partition coefficient (Wildman–Crippen LogP) is 4.64. The molecule has 2 saturated carbocycles. The van der Waals surface area contributed by atoms with Crippen molar-refractivity contribution in [2.24, 2.45) is 23.5 Å². The number of rotatable bonds is 9. The van der Waals surface area contributed by atoms with E-state index in [1.807, 2.05) is 37.3 Å². The van der Waals surface area contributed by atoms with Crippen LogP contribution >= 0.6 is 11.6 Å². The zero-order chi connectivity index (χ0) is 32.7. The lowest BCUT2D eigenvalue weighted by Crippen LogP contribution is -2.57. The van der Waals surface area contributed by atoms with E-state index in [1.165, 1.54) is 12.1 Å². The SMILES string of the molecule is C[C@H]1CC2C[C@@H](S(=O)(=O)c3cc(C(=O)Nc4cc(F)c(F)c(F)c4)ccc3Cl)CC1[C@@]2(O)CNC(=O)[C@@H](N)Cc1ccccc1. The summed E-state index contributed by atoms with van der Waals surface area (Å²) in [5.41, 5.74) is 5.16. The Morgan fingerprint density at radius 2 is 1.71 bits per heavy atom. The molecule has 2 fully saturated rings.